The van der Waals surface area contributed by atoms with Gasteiger partial charge < -0.3 is 24.8 Å². The highest BCUT2D eigenvalue weighted by atomic mass is 35.5. The van der Waals surface area contributed by atoms with E-state index in [1.807, 2.05) is 56.6 Å². The smallest absolute Gasteiger partial charge is 0.229 e. The molecule has 0 spiro atoms. The maximum atomic E-state index is 12.7. The molecule has 9 heteroatoms. The van der Waals surface area contributed by atoms with Gasteiger partial charge in [0.1, 0.15) is 17.9 Å². The van der Waals surface area contributed by atoms with Gasteiger partial charge >= 0.3 is 0 Å². The zero-order chi connectivity index (χ0) is 22.6. The number of ether oxygens (including phenoxy) is 1. The zero-order valence-corrected chi connectivity index (χ0v) is 20.0. The number of hydrogen-bond acceptors (Lipinski definition) is 7. The van der Waals surface area contributed by atoms with Crippen molar-refractivity contribution < 1.29 is 9.30 Å². The standard InChI is InChI=1S/C22H27ClN5O2P/c1-28(2)14-15-10-11-17(19(12-15)30-3)26-22-24-13-16(23)21(27-22)25-18-8-6-7-9-20(18)31(4,5)29/h6-13H,14H2,1-5H3,(H2,24,25,26,27). The molecular formula is C22H27ClN5O2P. The van der Waals surface area contributed by atoms with Crippen LogP contribution in [0.15, 0.2) is 48.7 Å². The van der Waals surface area contributed by atoms with Crippen LogP contribution in [0.2, 0.25) is 5.02 Å². The zero-order valence-electron chi connectivity index (χ0n) is 18.3. The van der Waals surface area contributed by atoms with E-state index in [-0.39, 0.29) is 0 Å². The first-order valence-corrected chi connectivity index (χ1v) is 12.7. The molecule has 7 nitrogen and oxygen atoms in total. The molecule has 0 saturated heterocycles. The van der Waals surface area contributed by atoms with Crippen molar-refractivity contribution in [3.05, 3.63) is 59.2 Å². The van der Waals surface area contributed by atoms with Gasteiger partial charge in [-0.05, 0) is 57.3 Å². The summed E-state index contributed by atoms with van der Waals surface area (Å²) in [5.41, 5.74) is 2.57. The Kier molecular flexibility index (Phi) is 7.21. The van der Waals surface area contributed by atoms with E-state index >= 15 is 0 Å². The quantitative estimate of drug-likeness (QED) is 0.462. The van der Waals surface area contributed by atoms with E-state index in [4.69, 9.17) is 16.3 Å². The van der Waals surface area contributed by atoms with Gasteiger partial charge in [0.25, 0.3) is 0 Å². The lowest BCUT2D eigenvalue weighted by Gasteiger charge is -2.16. The Morgan fingerprint density at radius 2 is 1.84 bits per heavy atom. The molecule has 0 fully saturated rings. The number of aromatic nitrogens is 2. The summed E-state index contributed by atoms with van der Waals surface area (Å²) in [4.78, 5) is 10.9. The van der Waals surface area contributed by atoms with Gasteiger partial charge in [0.05, 0.1) is 24.7 Å². The van der Waals surface area contributed by atoms with Gasteiger partial charge in [0, 0.05) is 11.8 Å². The SMILES string of the molecule is COc1cc(CN(C)C)ccc1Nc1ncc(Cl)c(Nc2ccccc2P(C)(C)=O)n1. The maximum absolute atomic E-state index is 12.7. The summed E-state index contributed by atoms with van der Waals surface area (Å²) in [6.07, 6.45) is 1.52. The lowest BCUT2D eigenvalue weighted by atomic mass is 10.2. The lowest BCUT2D eigenvalue weighted by molar-refractivity contribution is 0.396. The molecule has 1 aromatic heterocycles. The van der Waals surface area contributed by atoms with Crippen molar-refractivity contribution in [3.8, 4) is 5.75 Å². The summed E-state index contributed by atoms with van der Waals surface area (Å²) in [5.74, 6) is 1.47. The molecule has 3 rings (SSSR count). The van der Waals surface area contributed by atoms with Crippen molar-refractivity contribution in [3.63, 3.8) is 0 Å². The Bertz CT molecular complexity index is 1120. The Labute approximate surface area is 188 Å². The van der Waals surface area contributed by atoms with Crippen LogP contribution in [-0.4, -0.2) is 49.4 Å². The fourth-order valence-electron chi connectivity index (χ4n) is 3.11. The van der Waals surface area contributed by atoms with E-state index in [2.05, 4.69) is 25.5 Å². The minimum atomic E-state index is -2.48. The maximum Gasteiger partial charge on any atom is 0.229 e. The summed E-state index contributed by atoms with van der Waals surface area (Å²) >= 11 is 6.33. The Morgan fingerprint density at radius 1 is 1.10 bits per heavy atom. The molecule has 0 amide bonds. The van der Waals surface area contributed by atoms with Crippen molar-refractivity contribution in [1.29, 1.82) is 0 Å². The van der Waals surface area contributed by atoms with Crippen LogP contribution < -0.4 is 20.7 Å². The van der Waals surface area contributed by atoms with Gasteiger partial charge in [-0.1, -0.05) is 29.8 Å². The summed E-state index contributed by atoms with van der Waals surface area (Å²) in [5, 5.41) is 7.48. The molecule has 0 atom stereocenters. The third-order valence-electron chi connectivity index (χ3n) is 4.49. The Morgan fingerprint density at radius 3 is 2.52 bits per heavy atom. The number of halogens is 1. The number of para-hydroxylation sites is 1. The van der Waals surface area contributed by atoms with Crippen LogP contribution in [0.25, 0.3) is 0 Å². The third kappa shape index (κ3) is 5.97. The van der Waals surface area contributed by atoms with E-state index in [1.54, 1.807) is 20.4 Å². The van der Waals surface area contributed by atoms with Crippen LogP contribution in [0.5, 0.6) is 5.75 Å². The molecule has 0 aliphatic rings. The Balaban J connectivity index is 1.88. The topological polar surface area (TPSA) is 79.4 Å². The average molecular weight is 460 g/mol. The van der Waals surface area contributed by atoms with Crippen LogP contribution in [0.4, 0.5) is 23.1 Å². The summed E-state index contributed by atoms with van der Waals surface area (Å²) in [6, 6.07) is 13.4. The molecule has 2 N–H and O–H groups in total. The Hall–Kier alpha value is -2.60. The third-order valence-corrected chi connectivity index (χ3v) is 6.32. The van der Waals surface area contributed by atoms with Crippen LogP contribution in [0.3, 0.4) is 0 Å². The minimum absolute atomic E-state index is 0.357. The predicted octanol–water partition coefficient (Wildman–Crippen LogP) is 4.94. The summed E-state index contributed by atoms with van der Waals surface area (Å²) in [7, 11) is 3.17. The van der Waals surface area contributed by atoms with Gasteiger partial charge in [0.2, 0.25) is 5.95 Å². The van der Waals surface area contributed by atoms with Crippen molar-refractivity contribution >= 4 is 47.2 Å². The largest absolute Gasteiger partial charge is 0.495 e. The monoisotopic (exact) mass is 459 g/mol. The second kappa shape index (κ2) is 9.69. The average Bonchev–Trinajstić information content (AvgIpc) is 2.70. The molecule has 3 aromatic rings. The number of methoxy groups -OCH3 is 1. The van der Waals surface area contributed by atoms with Crippen molar-refractivity contribution in [2.75, 3.05) is 45.2 Å². The normalized spacial score (nSPS) is 11.5. The molecular weight excluding hydrogens is 433 g/mol. The van der Waals surface area contributed by atoms with Crippen molar-refractivity contribution in [2.24, 2.45) is 0 Å². The highest BCUT2D eigenvalue weighted by molar-refractivity contribution is 7.70. The van der Waals surface area contributed by atoms with E-state index in [1.165, 1.54) is 6.20 Å². The first-order valence-electron chi connectivity index (χ1n) is 9.70. The van der Waals surface area contributed by atoms with E-state index in [0.717, 1.165) is 23.1 Å². The molecule has 0 aliphatic carbocycles. The minimum Gasteiger partial charge on any atom is -0.495 e. The van der Waals surface area contributed by atoms with Gasteiger partial charge in [0.15, 0.2) is 5.82 Å². The number of hydrogen-bond donors (Lipinski definition) is 2. The van der Waals surface area contributed by atoms with Gasteiger partial charge in [-0.3, -0.25) is 0 Å². The number of nitrogens with one attached hydrogen (secondary N) is 2. The molecule has 164 valence electrons. The second-order valence-electron chi connectivity index (χ2n) is 7.78. The van der Waals surface area contributed by atoms with Crippen LogP contribution in [0.1, 0.15) is 5.56 Å². The molecule has 2 aromatic carbocycles. The van der Waals surface area contributed by atoms with Crippen LogP contribution in [-0.2, 0) is 11.1 Å². The van der Waals surface area contributed by atoms with E-state index in [9.17, 15) is 4.57 Å². The van der Waals surface area contributed by atoms with Gasteiger partial charge in [-0.15, -0.1) is 0 Å². The van der Waals surface area contributed by atoms with Crippen molar-refractivity contribution in [2.45, 2.75) is 6.54 Å². The van der Waals surface area contributed by atoms with Gasteiger partial charge in [-0.2, -0.15) is 4.98 Å². The first-order chi connectivity index (χ1) is 14.7. The molecule has 0 radical (unpaired) electrons. The summed E-state index contributed by atoms with van der Waals surface area (Å²) < 4.78 is 18.2. The highest BCUT2D eigenvalue weighted by Gasteiger charge is 2.17. The molecule has 31 heavy (non-hydrogen) atoms. The van der Waals surface area contributed by atoms with Crippen LogP contribution >= 0.6 is 18.7 Å². The number of nitrogens with zero attached hydrogens (tertiary/aromatic N) is 3. The fraction of sp³-hybridized carbons (Fsp3) is 0.273. The van der Waals surface area contributed by atoms with Crippen molar-refractivity contribution in [1.82, 2.24) is 14.9 Å². The van der Waals surface area contributed by atoms with Gasteiger partial charge in [-0.25, -0.2) is 4.98 Å². The molecule has 0 saturated carbocycles. The van der Waals surface area contributed by atoms with E-state index in [0.29, 0.717) is 28.2 Å². The first kappa shape index (κ1) is 23.1. The fourth-order valence-corrected chi connectivity index (χ4v) is 4.41. The van der Waals surface area contributed by atoms with Crippen LogP contribution in [0, 0.1) is 0 Å². The lowest BCUT2D eigenvalue weighted by Crippen LogP contribution is -2.11. The summed E-state index contributed by atoms with van der Waals surface area (Å²) in [6.45, 7) is 4.27. The molecule has 0 aliphatic heterocycles. The highest BCUT2D eigenvalue weighted by Crippen LogP contribution is 2.38. The second-order valence-corrected chi connectivity index (χ2v) is 11.4. The predicted molar refractivity (Wildman–Crippen MR) is 130 cm³/mol. The number of benzene rings is 2. The van der Waals surface area contributed by atoms with E-state index < -0.39 is 7.14 Å². The number of rotatable bonds is 8. The molecule has 0 unspecified atom stereocenters. The molecule has 0 bridgehead atoms. The molecule has 1 heterocycles. The number of anilines is 4.